The first-order valence-electron chi connectivity index (χ1n) is 7.97. The van der Waals surface area contributed by atoms with Crippen LogP contribution >= 0.6 is 0 Å². The van der Waals surface area contributed by atoms with Gasteiger partial charge in [-0.15, -0.1) is 10.2 Å². The summed E-state index contributed by atoms with van der Waals surface area (Å²) in [6.45, 7) is 9.80. The van der Waals surface area contributed by atoms with Gasteiger partial charge in [0.25, 0.3) is 0 Å². The summed E-state index contributed by atoms with van der Waals surface area (Å²) >= 11 is 0. The minimum absolute atomic E-state index is 0.871. The van der Waals surface area contributed by atoms with E-state index in [0.717, 1.165) is 54.5 Å². The van der Waals surface area contributed by atoms with Gasteiger partial charge in [0.15, 0.2) is 5.82 Å². The summed E-state index contributed by atoms with van der Waals surface area (Å²) in [6, 6.07) is 8.20. The smallest absolute Gasteiger partial charge is 0.204 e. The molecule has 1 aromatic carbocycles. The molecule has 1 aliphatic rings. The van der Waals surface area contributed by atoms with Gasteiger partial charge >= 0.3 is 0 Å². The number of quaternary nitrogens is 1. The Morgan fingerprint density at radius 2 is 1.91 bits per heavy atom. The lowest BCUT2D eigenvalue weighted by Crippen LogP contribution is -3.14. The van der Waals surface area contributed by atoms with Crippen molar-refractivity contribution < 1.29 is 4.90 Å². The van der Waals surface area contributed by atoms with Gasteiger partial charge in [-0.2, -0.15) is 0 Å². The Bertz CT molecular complexity index is 816. The summed E-state index contributed by atoms with van der Waals surface area (Å²) in [7, 11) is 0. The fourth-order valence-corrected chi connectivity index (χ4v) is 3.31. The highest BCUT2D eigenvalue weighted by atomic mass is 15.3. The van der Waals surface area contributed by atoms with Crippen LogP contribution in [0.5, 0.6) is 0 Å². The molecule has 0 radical (unpaired) electrons. The standard InChI is InChI=1S/C16H20N6/c1-3-20-8-10-21(11-9-20)15-16-19-18-12(2)22(16)14-7-5-4-6-13(14)17-15/h4-7H,3,8-11H2,1-2H3/p+1. The van der Waals surface area contributed by atoms with Gasteiger partial charge in [-0.25, -0.2) is 4.98 Å². The van der Waals surface area contributed by atoms with Gasteiger partial charge < -0.3 is 9.80 Å². The van der Waals surface area contributed by atoms with Crippen LogP contribution in [0, 0.1) is 6.92 Å². The second-order valence-electron chi connectivity index (χ2n) is 5.92. The molecule has 1 saturated heterocycles. The number of nitrogens with one attached hydrogen (secondary N) is 1. The highest BCUT2D eigenvalue weighted by Crippen LogP contribution is 2.24. The Labute approximate surface area is 129 Å². The van der Waals surface area contributed by atoms with Gasteiger partial charge in [0, 0.05) is 0 Å². The summed E-state index contributed by atoms with van der Waals surface area (Å²) < 4.78 is 2.12. The second-order valence-corrected chi connectivity index (χ2v) is 5.92. The van der Waals surface area contributed by atoms with E-state index in [4.69, 9.17) is 4.98 Å². The third-order valence-corrected chi connectivity index (χ3v) is 4.64. The number of hydrogen-bond donors (Lipinski definition) is 1. The fraction of sp³-hybridized carbons (Fsp3) is 0.438. The molecule has 3 heterocycles. The summed E-state index contributed by atoms with van der Waals surface area (Å²) in [5.74, 6) is 1.88. The van der Waals surface area contributed by atoms with Crippen molar-refractivity contribution >= 4 is 22.5 Å². The average molecular weight is 297 g/mol. The third kappa shape index (κ3) is 2.02. The topological polar surface area (TPSA) is 50.8 Å². The maximum atomic E-state index is 4.88. The van der Waals surface area contributed by atoms with Crippen LogP contribution in [0.25, 0.3) is 16.7 Å². The number of nitrogens with zero attached hydrogens (tertiary/aromatic N) is 5. The van der Waals surface area contributed by atoms with E-state index in [9.17, 15) is 0 Å². The van der Waals surface area contributed by atoms with E-state index in [1.165, 1.54) is 6.54 Å². The molecule has 2 aromatic heterocycles. The highest BCUT2D eigenvalue weighted by molar-refractivity contribution is 5.83. The largest absolute Gasteiger partial charge is 0.342 e. The predicted octanol–water partition coefficient (Wildman–Crippen LogP) is 0.311. The second kappa shape index (κ2) is 5.21. The number of likely N-dealkylation sites (N-methyl/N-ethyl adjacent to an activating group) is 1. The van der Waals surface area contributed by atoms with E-state index in [1.54, 1.807) is 4.90 Å². The van der Waals surface area contributed by atoms with Crippen LogP contribution in [0.3, 0.4) is 0 Å². The Balaban J connectivity index is 1.86. The van der Waals surface area contributed by atoms with Crippen molar-refractivity contribution in [3.63, 3.8) is 0 Å². The van der Waals surface area contributed by atoms with Gasteiger partial charge in [0.1, 0.15) is 5.82 Å². The minimum atomic E-state index is 0.871. The number of fused-ring (bicyclic) bond motifs is 3. The van der Waals surface area contributed by atoms with Gasteiger partial charge in [-0.3, -0.25) is 4.40 Å². The lowest BCUT2D eigenvalue weighted by atomic mass is 10.2. The Hall–Kier alpha value is -2.21. The Morgan fingerprint density at radius 3 is 2.68 bits per heavy atom. The SMILES string of the molecule is CC[NH+]1CCN(c2nc3ccccc3n3c(C)nnc23)CC1. The van der Waals surface area contributed by atoms with Crippen molar-refractivity contribution in [2.75, 3.05) is 37.6 Å². The molecule has 6 heteroatoms. The predicted molar refractivity (Wildman–Crippen MR) is 86.5 cm³/mol. The molecule has 0 saturated carbocycles. The number of rotatable bonds is 2. The molecule has 0 bridgehead atoms. The number of hydrogen-bond acceptors (Lipinski definition) is 4. The zero-order valence-corrected chi connectivity index (χ0v) is 13.1. The van der Waals surface area contributed by atoms with Gasteiger partial charge in [-0.1, -0.05) is 12.1 Å². The number of anilines is 1. The van der Waals surface area contributed by atoms with E-state index < -0.39 is 0 Å². The highest BCUT2D eigenvalue weighted by Gasteiger charge is 2.23. The van der Waals surface area contributed by atoms with E-state index in [1.807, 2.05) is 19.1 Å². The molecule has 1 aliphatic heterocycles. The first-order chi connectivity index (χ1) is 10.8. The lowest BCUT2D eigenvalue weighted by molar-refractivity contribution is -0.898. The van der Waals surface area contributed by atoms with Crippen LogP contribution in [0.2, 0.25) is 0 Å². The van der Waals surface area contributed by atoms with Crippen molar-refractivity contribution in [2.24, 2.45) is 0 Å². The molecule has 4 rings (SSSR count). The monoisotopic (exact) mass is 297 g/mol. The molecular formula is C16H21N6+. The van der Waals surface area contributed by atoms with Crippen molar-refractivity contribution in [3.8, 4) is 0 Å². The zero-order chi connectivity index (χ0) is 15.1. The van der Waals surface area contributed by atoms with Crippen LogP contribution in [0.1, 0.15) is 12.7 Å². The molecule has 22 heavy (non-hydrogen) atoms. The molecule has 114 valence electrons. The number of para-hydroxylation sites is 2. The minimum Gasteiger partial charge on any atom is -0.342 e. The molecule has 0 unspecified atom stereocenters. The molecule has 1 fully saturated rings. The average Bonchev–Trinajstić information content (AvgIpc) is 2.97. The van der Waals surface area contributed by atoms with Gasteiger partial charge in [0.2, 0.25) is 5.65 Å². The molecular weight excluding hydrogens is 276 g/mol. The molecule has 0 amide bonds. The summed E-state index contributed by atoms with van der Waals surface area (Å²) in [5.41, 5.74) is 2.94. The van der Waals surface area contributed by atoms with Crippen LogP contribution < -0.4 is 9.80 Å². The van der Waals surface area contributed by atoms with Crippen LogP contribution in [-0.4, -0.2) is 52.3 Å². The molecule has 0 spiro atoms. The molecule has 6 nitrogen and oxygen atoms in total. The fourth-order valence-electron chi connectivity index (χ4n) is 3.31. The van der Waals surface area contributed by atoms with E-state index in [2.05, 4.69) is 38.6 Å². The van der Waals surface area contributed by atoms with E-state index in [-0.39, 0.29) is 0 Å². The summed E-state index contributed by atoms with van der Waals surface area (Å²) in [4.78, 5) is 8.90. The van der Waals surface area contributed by atoms with Gasteiger partial charge in [-0.05, 0) is 26.0 Å². The Morgan fingerprint density at radius 1 is 1.14 bits per heavy atom. The first-order valence-corrected chi connectivity index (χ1v) is 7.97. The van der Waals surface area contributed by atoms with Crippen molar-refractivity contribution in [1.29, 1.82) is 0 Å². The molecule has 0 aliphatic carbocycles. The van der Waals surface area contributed by atoms with Crippen LogP contribution in [-0.2, 0) is 0 Å². The molecule has 3 aromatic rings. The normalized spacial score (nSPS) is 16.7. The molecule has 1 N–H and O–H groups in total. The number of aryl methyl sites for hydroxylation is 1. The number of benzene rings is 1. The van der Waals surface area contributed by atoms with E-state index >= 15 is 0 Å². The van der Waals surface area contributed by atoms with Gasteiger partial charge in [0.05, 0.1) is 43.8 Å². The van der Waals surface area contributed by atoms with E-state index in [0.29, 0.717) is 0 Å². The quantitative estimate of drug-likeness (QED) is 0.740. The first kappa shape index (κ1) is 13.5. The summed E-state index contributed by atoms with van der Waals surface area (Å²) in [6.07, 6.45) is 0. The maximum absolute atomic E-state index is 4.88. The maximum Gasteiger partial charge on any atom is 0.204 e. The third-order valence-electron chi connectivity index (χ3n) is 4.64. The summed E-state index contributed by atoms with van der Waals surface area (Å²) in [5, 5.41) is 8.66. The van der Waals surface area contributed by atoms with Crippen LogP contribution in [0.4, 0.5) is 5.82 Å². The van der Waals surface area contributed by atoms with Crippen molar-refractivity contribution in [2.45, 2.75) is 13.8 Å². The Kier molecular flexibility index (Phi) is 3.18. The molecule has 0 atom stereocenters. The van der Waals surface area contributed by atoms with Crippen LogP contribution in [0.15, 0.2) is 24.3 Å². The number of aromatic nitrogens is 4. The zero-order valence-electron chi connectivity index (χ0n) is 13.1. The van der Waals surface area contributed by atoms with Crippen molar-refractivity contribution in [3.05, 3.63) is 30.1 Å². The lowest BCUT2D eigenvalue weighted by Gasteiger charge is -2.32. The van der Waals surface area contributed by atoms with Crippen molar-refractivity contribution in [1.82, 2.24) is 19.6 Å². The number of piperazine rings is 1.